The molecule has 19 heavy (non-hydrogen) atoms. The van der Waals surface area contributed by atoms with Crippen LogP contribution in [0.15, 0.2) is 10.5 Å². The Kier molecular flexibility index (Phi) is 3.44. The van der Waals surface area contributed by atoms with Gasteiger partial charge in [-0.15, -0.1) is 0 Å². The lowest BCUT2D eigenvalue weighted by Crippen LogP contribution is -2.42. The first-order valence-corrected chi connectivity index (χ1v) is 7.81. The van der Waals surface area contributed by atoms with E-state index >= 15 is 0 Å². The fourth-order valence-corrected chi connectivity index (χ4v) is 4.38. The Morgan fingerprint density at radius 2 is 2.26 bits per heavy atom. The molecule has 0 amide bonds. The Hall–Kier alpha value is -1.34. The van der Waals surface area contributed by atoms with Crippen LogP contribution in [-0.4, -0.2) is 36.5 Å². The van der Waals surface area contributed by atoms with Crippen LogP contribution in [0.5, 0.6) is 0 Å². The van der Waals surface area contributed by atoms with Gasteiger partial charge >= 0.3 is 5.97 Å². The minimum absolute atomic E-state index is 0.0986. The number of carboxylic acid groups (broad SMARTS) is 1. The van der Waals surface area contributed by atoms with Crippen molar-refractivity contribution in [3.63, 3.8) is 0 Å². The highest BCUT2D eigenvalue weighted by atomic mass is 32.2. The van der Waals surface area contributed by atoms with Crippen LogP contribution < -0.4 is 5.32 Å². The summed E-state index contributed by atoms with van der Waals surface area (Å²) in [6, 6.07) is 1.47. The summed E-state index contributed by atoms with van der Waals surface area (Å²) in [7, 11) is -2.96. The molecule has 0 aliphatic carbocycles. The van der Waals surface area contributed by atoms with Crippen molar-refractivity contribution in [1.82, 2.24) is 5.32 Å². The maximum atomic E-state index is 11.5. The van der Waals surface area contributed by atoms with Crippen molar-refractivity contribution in [1.29, 1.82) is 0 Å². The van der Waals surface area contributed by atoms with Crippen LogP contribution in [0.1, 0.15) is 35.2 Å². The Morgan fingerprint density at radius 1 is 1.58 bits per heavy atom. The number of nitrogens with one attached hydrogen (secondary N) is 1. The summed E-state index contributed by atoms with van der Waals surface area (Å²) >= 11 is 0. The smallest absolute Gasteiger partial charge is 0.371 e. The monoisotopic (exact) mass is 287 g/mol. The van der Waals surface area contributed by atoms with Crippen LogP contribution in [0.25, 0.3) is 0 Å². The third-order valence-electron chi connectivity index (χ3n) is 3.44. The normalized spacial score (nSPS) is 25.6. The number of carbonyl (C=O) groups is 1. The predicted molar refractivity (Wildman–Crippen MR) is 68.9 cm³/mol. The maximum Gasteiger partial charge on any atom is 0.371 e. The molecule has 2 rings (SSSR count). The molecule has 0 saturated carbocycles. The van der Waals surface area contributed by atoms with Gasteiger partial charge in [-0.1, -0.05) is 0 Å². The van der Waals surface area contributed by atoms with Crippen molar-refractivity contribution in [3.8, 4) is 0 Å². The number of rotatable bonds is 4. The molecule has 0 aromatic carbocycles. The number of hydrogen-bond donors (Lipinski definition) is 2. The average molecular weight is 287 g/mol. The van der Waals surface area contributed by atoms with Crippen molar-refractivity contribution in [3.05, 3.63) is 23.2 Å². The molecular formula is C12H17NO5S. The highest BCUT2D eigenvalue weighted by Gasteiger charge is 2.37. The van der Waals surface area contributed by atoms with Crippen molar-refractivity contribution in [2.45, 2.75) is 32.4 Å². The zero-order valence-electron chi connectivity index (χ0n) is 10.9. The van der Waals surface area contributed by atoms with E-state index in [9.17, 15) is 13.2 Å². The molecule has 1 atom stereocenters. The SMILES string of the molecule is Cc1oc(C(=O)O)cc1CNC1(C)CCS(=O)(=O)C1. The van der Waals surface area contributed by atoms with E-state index in [2.05, 4.69) is 5.32 Å². The molecule has 6 nitrogen and oxygen atoms in total. The van der Waals surface area contributed by atoms with Gasteiger partial charge in [0.25, 0.3) is 0 Å². The van der Waals surface area contributed by atoms with Gasteiger partial charge in [-0.2, -0.15) is 0 Å². The highest BCUT2D eigenvalue weighted by molar-refractivity contribution is 7.91. The lowest BCUT2D eigenvalue weighted by atomic mass is 10.0. The van der Waals surface area contributed by atoms with Crippen molar-refractivity contribution in [2.75, 3.05) is 11.5 Å². The molecule has 2 N–H and O–H groups in total. The molecule has 1 aliphatic rings. The summed E-state index contributed by atoms with van der Waals surface area (Å²) in [5.74, 6) is -0.360. The zero-order chi connectivity index (χ0) is 14.3. The molecule has 0 spiro atoms. The molecule has 2 heterocycles. The number of furan rings is 1. The van der Waals surface area contributed by atoms with Crippen LogP contribution in [0, 0.1) is 6.92 Å². The minimum Gasteiger partial charge on any atom is -0.475 e. The second kappa shape index (κ2) is 4.64. The molecule has 1 aliphatic heterocycles. The lowest BCUT2D eigenvalue weighted by Gasteiger charge is -2.23. The first kappa shape index (κ1) is 14.1. The van der Waals surface area contributed by atoms with Crippen LogP contribution in [-0.2, 0) is 16.4 Å². The predicted octanol–water partition coefficient (Wildman–Crippen LogP) is 0.953. The molecule has 1 aromatic heterocycles. The van der Waals surface area contributed by atoms with Gasteiger partial charge in [0.05, 0.1) is 11.5 Å². The van der Waals surface area contributed by atoms with Gasteiger partial charge in [0, 0.05) is 17.6 Å². The topological polar surface area (TPSA) is 96.6 Å². The minimum atomic E-state index is -2.96. The molecule has 0 radical (unpaired) electrons. The van der Waals surface area contributed by atoms with Crippen molar-refractivity contribution < 1.29 is 22.7 Å². The Labute approximate surface area is 111 Å². The van der Waals surface area contributed by atoms with Gasteiger partial charge in [-0.3, -0.25) is 0 Å². The maximum absolute atomic E-state index is 11.5. The van der Waals surface area contributed by atoms with Gasteiger partial charge in [0.2, 0.25) is 5.76 Å². The fourth-order valence-electron chi connectivity index (χ4n) is 2.26. The zero-order valence-corrected chi connectivity index (χ0v) is 11.7. The van der Waals surface area contributed by atoms with Gasteiger partial charge < -0.3 is 14.8 Å². The number of sulfone groups is 1. The van der Waals surface area contributed by atoms with E-state index in [1.54, 1.807) is 6.92 Å². The molecule has 1 unspecified atom stereocenters. The summed E-state index contributed by atoms with van der Waals surface area (Å²) < 4.78 is 28.1. The number of aryl methyl sites for hydroxylation is 1. The van der Waals surface area contributed by atoms with E-state index in [1.165, 1.54) is 6.07 Å². The summed E-state index contributed by atoms with van der Waals surface area (Å²) in [6.07, 6.45) is 0.567. The van der Waals surface area contributed by atoms with Crippen molar-refractivity contribution in [2.24, 2.45) is 0 Å². The van der Waals surface area contributed by atoms with Gasteiger partial charge in [-0.05, 0) is 26.3 Å². The quantitative estimate of drug-likeness (QED) is 0.856. The van der Waals surface area contributed by atoms with Gasteiger partial charge in [0.15, 0.2) is 9.84 Å². The van der Waals surface area contributed by atoms with Crippen LogP contribution in [0.3, 0.4) is 0 Å². The largest absolute Gasteiger partial charge is 0.475 e. The standard InChI is InChI=1S/C12H17NO5S/c1-8-9(5-10(18-8)11(14)15)6-13-12(2)3-4-19(16,17)7-12/h5,13H,3-4,6-7H2,1-2H3,(H,14,15). The van der Waals surface area contributed by atoms with E-state index in [1.807, 2.05) is 6.92 Å². The molecule has 1 saturated heterocycles. The molecule has 7 heteroatoms. The third kappa shape index (κ3) is 3.16. The second-order valence-electron chi connectivity index (χ2n) is 5.25. The molecule has 0 bridgehead atoms. The number of carboxylic acids is 1. The Bertz CT molecular complexity index is 604. The second-order valence-corrected chi connectivity index (χ2v) is 7.44. The average Bonchev–Trinajstić information content (AvgIpc) is 2.78. The van der Waals surface area contributed by atoms with E-state index in [4.69, 9.17) is 9.52 Å². The highest BCUT2D eigenvalue weighted by Crippen LogP contribution is 2.24. The third-order valence-corrected chi connectivity index (χ3v) is 5.34. The van der Waals surface area contributed by atoms with Crippen LogP contribution in [0.2, 0.25) is 0 Å². The van der Waals surface area contributed by atoms with Crippen LogP contribution in [0.4, 0.5) is 0 Å². The van der Waals surface area contributed by atoms with Crippen LogP contribution >= 0.6 is 0 Å². The Morgan fingerprint density at radius 3 is 2.74 bits per heavy atom. The summed E-state index contributed by atoms with van der Waals surface area (Å²) in [5.41, 5.74) is 0.286. The molecule has 1 aromatic rings. The summed E-state index contributed by atoms with van der Waals surface area (Å²) in [5, 5.41) is 12.0. The van der Waals surface area contributed by atoms with E-state index in [0.29, 0.717) is 18.7 Å². The molecular weight excluding hydrogens is 270 g/mol. The Balaban J connectivity index is 2.05. The summed E-state index contributed by atoms with van der Waals surface area (Å²) in [6.45, 7) is 3.96. The fraction of sp³-hybridized carbons (Fsp3) is 0.583. The first-order chi connectivity index (χ1) is 8.71. The molecule has 106 valence electrons. The van der Waals surface area contributed by atoms with Gasteiger partial charge in [-0.25, -0.2) is 13.2 Å². The number of hydrogen-bond acceptors (Lipinski definition) is 5. The van der Waals surface area contributed by atoms with Gasteiger partial charge in [0.1, 0.15) is 5.76 Å². The van der Waals surface area contributed by atoms with E-state index in [0.717, 1.165) is 5.56 Å². The lowest BCUT2D eigenvalue weighted by molar-refractivity contribution is 0.0661. The number of aromatic carboxylic acids is 1. The molecule has 1 fully saturated rings. The summed E-state index contributed by atoms with van der Waals surface area (Å²) in [4.78, 5) is 10.8. The van der Waals surface area contributed by atoms with E-state index < -0.39 is 21.3 Å². The van der Waals surface area contributed by atoms with Crippen molar-refractivity contribution >= 4 is 15.8 Å². The van der Waals surface area contributed by atoms with E-state index in [-0.39, 0.29) is 17.3 Å². The first-order valence-electron chi connectivity index (χ1n) is 5.99.